The van der Waals surface area contributed by atoms with Crippen LogP contribution in [0.3, 0.4) is 0 Å². The van der Waals surface area contributed by atoms with Gasteiger partial charge in [-0.15, -0.1) is 6.58 Å². The van der Waals surface area contributed by atoms with E-state index in [0.717, 1.165) is 17.7 Å². The molecule has 2 fully saturated rings. The van der Waals surface area contributed by atoms with Gasteiger partial charge in [0.05, 0.1) is 27.1 Å². The van der Waals surface area contributed by atoms with Crippen LogP contribution in [0.2, 0.25) is 15.1 Å². The number of carbonyl (C=O) groups excluding carboxylic acids is 1. The Balaban J connectivity index is 1.33. The van der Waals surface area contributed by atoms with Gasteiger partial charge in [-0.2, -0.15) is 0 Å². The highest BCUT2D eigenvalue weighted by Gasteiger charge is 2.73. The first-order valence-electron chi connectivity index (χ1n) is 12.7. The van der Waals surface area contributed by atoms with Gasteiger partial charge in [0.15, 0.2) is 23.9 Å². The van der Waals surface area contributed by atoms with E-state index in [-0.39, 0.29) is 46.1 Å². The molecular formula is C28H29Cl3N2O5. The Hall–Kier alpha value is -2.16. The molecule has 2 aliphatic carbocycles. The van der Waals surface area contributed by atoms with Crippen molar-refractivity contribution in [3.63, 3.8) is 0 Å². The van der Waals surface area contributed by atoms with E-state index < -0.39 is 17.1 Å². The van der Waals surface area contributed by atoms with Gasteiger partial charge < -0.3 is 24.6 Å². The maximum Gasteiger partial charge on any atom is 0.260 e. The highest BCUT2D eigenvalue weighted by atomic mass is 35.5. The average molecular weight is 580 g/mol. The van der Waals surface area contributed by atoms with Crippen LogP contribution in [0.1, 0.15) is 30.4 Å². The number of ether oxygens (including phenoxy) is 2. The van der Waals surface area contributed by atoms with E-state index >= 15 is 0 Å². The van der Waals surface area contributed by atoms with Crippen molar-refractivity contribution in [3.05, 3.63) is 63.1 Å². The number of phenols is 1. The second kappa shape index (κ2) is 9.20. The van der Waals surface area contributed by atoms with E-state index in [1.54, 1.807) is 18.0 Å². The second-order valence-corrected chi connectivity index (χ2v) is 12.0. The summed E-state index contributed by atoms with van der Waals surface area (Å²) in [7, 11) is 1.72. The number of rotatable bonds is 6. The van der Waals surface area contributed by atoms with Gasteiger partial charge in [0, 0.05) is 30.2 Å². The number of likely N-dealkylation sites (N-methyl/N-ethyl adjacent to an activating group) is 1. The molecule has 38 heavy (non-hydrogen) atoms. The summed E-state index contributed by atoms with van der Waals surface area (Å²) in [4.78, 5) is 17.3. The number of hydrogen-bond donors (Lipinski definition) is 2. The zero-order valence-corrected chi connectivity index (χ0v) is 23.2. The number of carbonyl (C=O) groups is 1. The van der Waals surface area contributed by atoms with Crippen molar-refractivity contribution in [2.45, 2.75) is 54.9 Å². The third-order valence-corrected chi connectivity index (χ3v) is 9.88. The molecular weight excluding hydrogens is 551 g/mol. The number of nitrogens with zero attached hydrogens (tertiary/aromatic N) is 2. The van der Waals surface area contributed by atoms with Crippen LogP contribution in [0, 0.1) is 0 Å². The summed E-state index contributed by atoms with van der Waals surface area (Å²) in [6.07, 6.45) is 3.70. The van der Waals surface area contributed by atoms with E-state index in [1.165, 1.54) is 12.1 Å². The molecule has 5 atom stereocenters. The molecule has 0 aromatic heterocycles. The summed E-state index contributed by atoms with van der Waals surface area (Å²) in [6.45, 7) is 5.08. The lowest BCUT2D eigenvalue weighted by Gasteiger charge is -2.64. The summed E-state index contributed by atoms with van der Waals surface area (Å²) < 4.78 is 12.2. The summed E-state index contributed by atoms with van der Waals surface area (Å²) >= 11 is 18.4. The molecule has 0 unspecified atom stereocenters. The van der Waals surface area contributed by atoms with E-state index in [0.29, 0.717) is 43.0 Å². The zero-order chi connectivity index (χ0) is 27.0. The third kappa shape index (κ3) is 3.52. The summed E-state index contributed by atoms with van der Waals surface area (Å²) in [6, 6.07) is 6.17. The molecule has 7 nitrogen and oxygen atoms in total. The number of aromatic hydroxyl groups is 1. The Kier molecular flexibility index (Phi) is 6.32. The standard InChI is InChI=1S/C28H29Cl3N2O5/c1-3-9-33-10-8-27-23-15-4-5-20(34)25(23)38-26(27)19(6-7-28(27,36)21(33)11-15)32(2)22(35)14-37-24-17(30)12-16(29)13-18(24)31/h3-5,12-13,19,21,26,34,36H,1,6-11,14H2,2H3/t19-,21+,26-,27-,28+/m0/s1. The molecule has 10 heteroatoms. The number of halogens is 3. The first-order valence-corrected chi connectivity index (χ1v) is 13.9. The molecule has 6 rings (SSSR count). The molecule has 1 saturated heterocycles. The summed E-state index contributed by atoms with van der Waals surface area (Å²) in [5.74, 6) is 0.412. The summed E-state index contributed by atoms with van der Waals surface area (Å²) in [5.41, 5.74) is 0.180. The smallest absolute Gasteiger partial charge is 0.260 e. The van der Waals surface area contributed by atoms with Crippen LogP contribution in [-0.2, 0) is 16.6 Å². The molecule has 1 amide bonds. The van der Waals surface area contributed by atoms with E-state index in [1.807, 2.05) is 12.1 Å². The van der Waals surface area contributed by atoms with Crippen molar-refractivity contribution in [1.82, 2.24) is 9.80 Å². The molecule has 0 radical (unpaired) electrons. The molecule has 2 aromatic carbocycles. The predicted octanol–water partition coefficient (Wildman–Crippen LogP) is 4.60. The number of phenolic OH excluding ortho intramolecular Hbond substituents is 1. The zero-order valence-electron chi connectivity index (χ0n) is 20.9. The SMILES string of the molecule is C=CCN1CC[C@]23c4c5ccc(O)c4O[C@H]2[C@@H](N(C)C(=O)COc2c(Cl)cc(Cl)cc2Cl)CC[C@@]3(O)[C@H]1C5. The fraction of sp³-hybridized carbons (Fsp3) is 0.464. The number of benzene rings is 2. The van der Waals surface area contributed by atoms with Crippen molar-refractivity contribution >= 4 is 40.7 Å². The van der Waals surface area contributed by atoms with Crippen molar-refractivity contribution in [1.29, 1.82) is 0 Å². The topological polar surface area (TPSA) is 82.5 Å². The fourth-order valence-corrected chi connectivity index (χ4v) is 8.40. The minimum atomic E-state index is -1.06. The van der Waals surface area contributed by atoms with E-state index in [9.17, 15) is 15.0 Å². The van der Waals surface area contributed by atoms with Crippen LogP contribution >= 0.6 is 34.8 Å². The first kappa shape index (κ1) is 26.1. The number of amides is 1. The lowest BCUT2D eigenvalue weighted by Crippen LogP contribution is -2.78. The van der Waals surface area contributed by atoms with Crippen molar-refractivity contribution < 1.29 is 24.5 Å². The minimum absolute atomic E-state index is 0.0601. The maximum atomic E-state index is 13.4. The van der Waals surface area contributed by atoms with Crippen molar-refractivity contribution in [3.8, 4) is 17.2 Å². The van der Waals surface area contributed by atoms with Crippen LogP contribution in [0.5, 0.6) is 17.2 Å². The molecule has 2 aliphatic heterocycles. The van der Waals surface area contributed by atoms with Gasteiger partial charge in [0.1, 0.15) is 6.10 Å². The predicted molar refractivity (Wildman–Crippen MR) is 146 cm³/mol. The van der Waals surface area contributed by atoms with Crippen LogP contribution in [-0.4, -0.2) is 76.5 Å². The largest absolute Gasteiger partial charge is 0.504 e. The molecule has 2 N–H and O–H groups in total. The Bertz CT molecular complexity index is 1310. The van der Waals surface area contributed by atoms with Gasteiger partial charge >= 0.3 is 0 Å². The minimum Gasteiger partial charge on any atom is -0.504 e. The highest BCUT2D eigenvalue weighted by Crippen LogP contribution is 2.65. The highest BCUT2D eigenvalue weighted by molar-refractivity contribution is 6.40. The molecule has 4 aliphatic rings. The Labute approximate surface area is 236 Å². The molecule has 2 heterocycles. The monoisotopic (exact) mass is 578 g/mol. The van der Waals surface area contributed by atoms with Crippen LogP contribution in [0.15, 0.2) is 36.9 Å². The maximum absolute atomic E-state index is 13.4. The molecule has 1 spiro atoms. The van der Waals surface area contributed by atoms with Gasteiger partial charge in [-0.1, -0.05) is 46.9 Å². The van der Waals surface area contributed by atoms with E-state index in [4.69, 9.17) is 44.3 Å². The molecule has 2 bridgehead atoms. The average Bonchev–Trinajstić information content (AvgIpc) is 3.22. The second-order valence-electron chi connectivity index (χ2n) is 10.7. The van der Waals surface area contributed by atoms with E-state index in [2.05, 4.69) is 11.5 Å². The normalized spacial score (nSPS) is 30.8. The van der Waals surface area contributed by atoms with Crippen LogP contribution < -0.4 is 9.47 Å². The Morgan fingerprint density at radius 2 is 2.03 bits per heavy atom. The lowest BCUT2D eigenvalue weighted by atomic mass is 9.48. The van der Waals surface area contributed by atoms with Gasteiger partial charge in [0.2, 0.25) is 0 Å². The molecule has 2 aromatic rings. The third-order valence-electron chi connectivity index (χ3n) is 9.10. The molecule has 1 saturated carbocycles. The van der Waals surface area contributed by atoms with Crippen molar-refractivity contribution in [2.75, 3.05) is 26.7 Å². The van der Waals surface area contributed by atoms with Crippen LogP contribution in [0.25, 0.3) is 0 Å². The van der Waals surface area contributed by atoms with Crippen molar-refractivity contribution in [2.24, 2.45) is 0 Å². The number of hydrogen-bond acceptors (Lipinski definition) is 6. The number of likely N-dealkylation sites (tertiary alicyclic amines) is 1. The van der Waals surface area contributed by atoms with Crippen LogP contribution in [0.4, 0.5) is 0 Å². The fourth-order valence-electron chi connectivity index (χ4n) is 7.47. The lowest BCUT2D eigenvalue weighted by molar-refractivity contribution is -0.198. The first-order chi connectivity index (χ1) is 18.1. The Morgan fingerprint density at radius 1 is 1.29 bits per heavy atom. The van der Waals surface area contributed by atoms with Gasteiger partial charge in [-0.05, 0) is 56.0 Å². The number of aliphatic hydroxyl groups is 1. The number of piperidine rings is 1. The van der Waals surface area contributed by atoms with Gasteiger partial charge in [0.25, 0.3) is 5.91 Å². The molecule has 202 valence electrons. The van der Waals surface area contributed by atoms with Gasteiger partial charge in [-0.25, -0.2) is 0 Å². The Morgan fingerprint density at radius 3 is 2.74 bits per heavy atom. The quantitative estimate of drug-likeness (QED) is 0.487. The summed E-state index contributed by atoms with van der Waals surface area (Å²) in [5, 5.41) is 24.1. The van der Waals surface area contributed by atoms with Gasteiger partial charge in [-0.3, -0.25) is 9.69 Å².